The highest BCUT2D eigenvalue weighted by atomic mass is 35.5. The molecule has 0 aliphatic carbocycles. The SMILES string of the molecule is Cc1cc(S(=O)(=O)Nc2ncccc2O)sc1Cl. The normalized spacial score (nSPS) is 11.4. The second-order valence-electron chi connectivity index (χ2n) is 3.50. The van der Waals surface area contributed by atoms with E-state index in [1.165, 1.54) is 24.4 Å². The van der Waals surface area contributed by atoms with Crippen LogP contribution < -0.4 is 4.72 Å². The Kier molecular flexibility index (Phi) is 3.47. The van der Waals surface area contributed by atoms with Gasteiger partial charge in [0.2, 0.25) is 0 Å². The summed E-state index contributed by atoms with van der Waals surface area (Å²) in [5, 5.41) is 9.47. The number of aromatic hydroxyl groups is 1. The highest BCUT2D eigenvalue weighted by molar-refractivity contribution is 7.94. The van der Waals surface area contributed by atoms with Crippen molar-refractivity contribution in [2.24, 2.45) is 0 Å². The van der Waals surface area contributed by atoms with Crippen molar-refractivity contribution in [2.45, 2.75) is 11.1 Å². The van der Waals surface area contributed by atoms with Crippen molar-refractivity contribution in [3.63, 3.8) is 0 Å². The predicted octanol–water partition coefficient (Wildman–Crippen LogP) is 2.61. The fourth-order valence-electron chi connectivity index (χ4n) is 1.22. The molecule has 0 amide bonds. The summed E-state index contributed by atoms with van der Waals surface area (Å²) in [6.45, 7) is 1.72. The minimum Gasteiger partial charge on any atom is -0.504 e. The van der Waals surface area contributed by atoms with Gasteiger partial charge < -0.3 is 5.11 Å². The lowest BCUT2D eigenvalue weighted by atomic mass is 10.4. The first-order valence-electron chi connectivity index (χ1n) is 4.83. The van der Waals surface area contributed by atoms with E-state index in [1.54, 1.807) is 6.92 Å². The Morgan fingerprint density at radius 3 is 2.78 bits per heavy atom. The van der Waals surface area contributed by atoms with E-state index in [2.05, 4.69) is 9.71 Å². The van der Waals surface area contributed by atoms with Crippen LogP contribution in [0.5, 0.6) is 5.75 Å². The summed E-state index contributed by atoms with van der Waals surface area (Å²) < 4.78 is 26.7. The second-order valence-corrected chi connectivity index (χ2v) is 7.06. The van der Waals surface area contributed by atoms with Crippen molar-refractivity contribution >= 4 is 38.8 Å². The number of anilines is 1. The molecule has 5 nitrogen and oxygen atoms in total. The Bertz CT molecular complexity index is 663. The van der Waals surface area contributed by atoms with Gasteiger partial charge in [0.05, 0.1) is 4.34 Å². The first kappa shape index (κ1) is 13.1. The van der Waals surface area contributed by atoms with Crippen molar-refractivity contribution < 1.29 is 13.5 Å². The van der Waals surface area contributed by atoms with E-state index in [0.29, 0.717) is 9.90 Å². The van der Waals surface area contributed by atoms with Gasteiger partial charge in [-0.3, -0.25) is 4.72 Å². The van der Waals surface area contributed by atoms with Crippen LogP contribution in [0.2, 0.25) is 4.34 Å². The van der Waals surface area contributed by atoms with Crippen molar-refractivity contribution in [1.82, 2.24) is 4.98 Å². The van der Waals surface area contributed by atoms with E-state index in [1.807, 2.05) is 0 Å². The van der Waals surface area contributed by atoms with Crippen LogP contribution in [0.25, 0.3) is 0 Å². The van der Waals surface area contributed by atoms with Crippen molar-refractivity contribution in [2.75, 3.05) is 4.72 Å². The lowest BCUT2D eigenvalue weighted by Gasteiger charge is -2.06. The number of rotatable bonds is 3. The van der Waals surface area contributed by atoms with E-state index in [0.717, 1.165) is 11.3 Å². The minimum atomic E-state index is -3.78. The molecule has 0 atom stereocenters. The van der Waals surface area contributed by atoms with Gasteiger partial charge in [-0.25, -0.2) is 13.4 Å². The van der Waals surface area contributed by atoms with Gasteiger partial charge in [0.15, 0.2) is 11.6 Å². The molecule has 2 heterocycles. The molecule has 0 bridgehead atoms. The zero-order chi connectivity index (χ0) is 13.3. The molecule has 0 saturated heterocycles. The number of thiophene rings is 1. The molecule has 2 aromatic heterocycles. The van der Waals surface area contributed by atoms with Crippen LogP contribution in [0.1, 0.15) is 5.56 Å². The van der Waals surface area contributed by atoms with E-state index in [-0.39, 0.29) is 15.8 Å². The third-order valence-corrected chi connectivity index (χ3v) is 5.48. The van der Waals surface area contributed by atoms with E-state index < -0.39 is 10.0 Å². The van der Waals surface area contributed by atoms with Crippen molar-refractivity contribution in [3.05, 3.63) is 34.3 Å². The molecular formula is C10H9ClN2O3S2. The van der Waals surface area contributed by atoms with Crippen LogP contribution >= 0.6 is 22.9 Å². The van der Waals surface area contributed by atoms with Gasteiger partial charge in [-0.1, -0.05) is 11.6 Å². The third-order valence-electron chi connectivity index (χ3n) is 2.12. The molecule has 2 aromatic rings. The summed E-state index contributed by atoms with van der Waals surface area (Å²) in [7, 11) is -3.78. The number of hydrogen-bond acceptors (Lipinski definition) is 5. The van der Waals surface area contributed by atoms with E-state index in [9.17, 15) is 13.5 Å². The van der Waals surface area contributed by atoms with Crippen LogP contribution in [-0.4, -0.2) is 18.5 Å². The van der Waals surface area contributed by atoms with E-state index >= 15 is 0 Å². The van der Waals surface area contributed by atoms with Gasteiger partial charge in [-0.2, -0.15) is 0 Å². The van der Waals surface area contributed by atoms with Gasteiger partial charge >= 0.3 is 0 Å². The van der Waals surface area contributed by atoms with E-state index in [4.69, 9.17) is 11.6 Å². The molecule has 0 aliphatic heterocycles. The van der Waals surface area contributed by atoms with Gasteiger partial charge in [0.25, 0.3) is 10.0 Å². The van der Waals surface area contributed by atoms with Crippen LogP contribution in [0.4, 0.5) is 5.82 Å². The maximum absolute atomic E-state index is 12.0. The average Bonchev–Trinajstić information content (AvgIpc) is 2.63. The highest BCUT2D eigenvalue weighted by Crippen LogP contribution is 2.32. The molecule has 0 saturated carbocycles. The topological polar surface area (TPSA) is 79.3 Å². The maximum Gasteiger partial charge on any atom is 0.272 e. The third kappa shape index (κ3) is 2.58. The standard InChI is InChI=1S/C10H9ClN2O3S2/c1-6-5-8(17-9(6)11)18(15,16)13-10-7(14)3-2-4-12-10/h2-5,14H,1H3,(H,12,13). The molecule has 96 valence electrons. The number of sulfonamides is 1. The molecule has 0 fully saturated rings. The average molecular weight is 305 g/mol. The summed E-state index contributed by atoms with van der Waals surface area (Å²) in [4.78, 5) is 3.75. The quantitative estimate of drug-likeness (QED) is 0.913. The van der Waals surface area contributed by atoms with Gasteiger partial charge in [0, 0.05) is 6.20 Å². The Hall–Kier alpha value is -1.31. The molecule has 0 spiro atoms. The second kappa shape index (κ2) is 4.75. The minimum absolute atomic E-state index is 0.0788. The number of hydrogen-bond donors (Lipinski definition) is 2. The van der Waals surface area contributed by atoms with Crippen LogP contribution in [0.15, 0.2) is 28.6 Å². The van der Waals surface area contributed by atoms with Crippen molar-refractivity contribution in [1.29, 1.82) is 0 Å². The zero-order valence-corrected chi connectivity index (χ0v) is 11.6. The fraction of sp³-hybridized carbons (Fsp3) is 0.100. The summed E-state index contributed by atoms with van der Waals surface area (Å²) in [5.74, 6) is -0.347. The Morgan fingerprint density at radius 2 is 2.22 bits per heavy atom. The van der Waals surface area contributed by atoms with Crippen LogP contribution in [-0.2, 0) is 10.0 Å². The molecule has 0 aliphatic rings. The number of aryl methyl sites for hydroxylation is 1. The molecule has 0 unspecified atom stereocenters. The van der Waals surface area contributed by atoms with Crippen LogP contribution in [0, 0.1) is 6.92 Å². The number of pyridine rings is 1. The number of nitrogens with one attached hydrogen (secondary N) is 1. The zero-order valence-electron chi connectivity index (χ0n) is 9.21. The number of aromatic nitrogens is 1. The van der Waals surface area contributed by atoms with Gasteiger partial charge in [0.1, 0.15) is 4.21 Å². The Morgan fingerprint density at radius 1 is 1.50 bits per heavy atom. The Labute approximate surface area is 113 Å². The molecule has 18 heavy (non-hydrogen) atoms. The monoisotopic (exact) mass is 304 g/mol. The number of nitrogens with zero attached hydrogens (tertiary/aromatic N) is 1. The highest BCUT2D eigenvalue weighted by Gasteiger charge is 2.20. The first-order valence-corrected chi connectivity index (χ1v) is 7.50. The fourth-order valence-corrected chi connectivity index (χ4v) is 3.95. The number of halogens is 1. The Balaban J connectivity index is 2.36. The predicted molar refractivity (Wildman–Crippen MR) is 70.8 cm³/mol. The lowest BCUT2D eigenvalue weighted by Crippen LogP contribution is -2.12. The first-order chi connectivity index (χ1) is 8.40. The molecule has 8 heteroatoms. The lowest BCUT2D eigenvalue weighted by molar-refractivity contribution is 0.475. The molecular weight excluding hydrogens is 296 g/mol. The summed E-state index contributed by atoms with van der Waals surface area (Å²) >= 11 is 6.78. The molecule has 0 aromatic carbocycles. The summed E-state index contributed by atoms with van der Waals surface area (Å²) in [5.41, 5.74) is 0.687. The van der Waals surface area contributed by atoms with Crippen molar-refractivity contribution in [3.8, 4) is 5.75 Å². The smallest absolute Gasteiger partial charge is 0.272 e. The summed E-state index contributed by atoms with van der Waals surface area (Å²) in [6, 6.07) is 4.31. The van der Waals surface area contributed by atoms with Crippen LogP contribution in [0.3, 0.4) is 0 Å². The van der Waals surface area contributed by atoms with Gasteiger partial charge in [-0.15, -0.1) is 11.3 Å². The summed E-state index contributed by atoms with van der Waals surface area (Å²) in [6.07, 6.45) is 1.38. The maximum atomic E-state index is 12.0. The largest absolute Gasteiger partial charge is 0.504 e. The molecule has 0 radical (unpaired) electrons. The molecule has 2 N–H and O–H groups in total. The van der Waals surface area contributed by atoms with Gasteiger partial charge in [-0.05, 0) is 30.7 Å². The molecule has 2 rings (SSSR count).